The zero-order valence-corrected chi connectivity index (χ0v) is 17.3. The van der Waals surface area contributed by atoms with Crippen molar-refractivity contribution in [3.63, 3.8) is 0 Å². The maximum atomic E-state index is 10.3. The summed E-state index contributed by atoms with van der Waals surface area (Å²) >= 11 is 4.83. The molecule has 3 N–H and O–H groups in total. The molecule has 0 spiro atoms. The molecule has 0 aromatic carbocycles. The van der Waals surface area contributed by atoms with Gasteiger partial charge in [-0.2, -0.15) is 0 Å². The quantitative estimate of drug-likeness (QED) is 0.400. The van der Waals surface area contributed by atoms with Crippen LogP contribution >= 0.6 is 27.7 Å². The smallest absolute Gasteiger partial charge is 0.208 e. The van der Waals surface area contributed by atoms with Gasteiger partial charge in [-0.15, -0.1) is 11.8 Å². The van der Waals surface area contributed by atoms with E-state index >= 15 is 0 Å². The van der Waals surface area contributed by atoms with Crippen LogP contribution in [0, 0.1) is 11.8 Å². The first kappa shape index (κ1) is 19.1. The van der Waals surface area contributed by atoms with Crippen LogP contribution in [0.3, 0.4) is 0 Å². The first-order valence-electron chi connectivity index (χ1n) is 8.56. The van der Waals surface area contributed by atoms with Gasteiger partial charge in [-0.1, -0.05) is 5.92 Å². The third-order valence-electron chi connectivity index (χ3n) is 4.31. The Morgan fingerprint density at radius 2 is 2.21 bits per heavy atom. The number of halogens is 1. The maximum absolute atomic E-state index is 10.3. The Labute approximate surface area is 174 Å². The largest absolute Gasteiger partial charge is 0.389 e. The lowest BCUT2D eigenvalue weighted by Crippen LogP contribution is -2.27. The number of aliphatic hydroxyl groups is 2. The average Bonchev–Trinajstić information content (AvgIpc) is 3.24. The van der Waals surface area contributed by atoms with Gasteiger partial charge in [0.05, 0.1) is 12.4 Å². The highest BCUT2D eigenvalue weighted by atomic mass is 79.9. The number of anilines is 1. The van der Waals surface area contributed by atoms with Crippen LogP contribution in [0.2, 0.25) is 0 Å². The van der Waals surface area contributed by atoms with Crippen LogP contribution in [0.5, 0.6) is 0 Å². The fourth-order valence-electron chi connectivity index (χ4n) is 2.96. The van der Waals surface area contributed by atoms with Crippen molar-refractivity contribution in [2.24, 2.45) is 0 Å². The summed E-state index contributed by atoms with van der Waals surface area (Å²) in [4.78, 5) is 17.6. The van der Waals surface area contributed by atoms with Gasteiger partial charge in [-0.25, -0.2) is 19.9 Å². The number of fused-ring (bicyclic) bond motifs is 1. The topological polar surface area (TPSA) is 109 Å². The number of hydrogen-bond acceptors (Lipinski definition) is 8. The van der Waals surface area contributed by atoms with Crippen molar-refractivity contribution in [1.29, 1.82) is 0 Å². The summed E-state index contributed by atoms with van der Waals surface area (Å²) in [7, 11) is 0. The second-order valence-electron chi connectivity index (χ2n) is 6.22. The van der Waals surface area contributed by atoms with E-state index in [0.717, 1.165) is 10.2 Å². The predicted molar refractivity (Wildman–Crippen MR) is 111 cm³/mol. The summed E-state index contributed by atoms with van der Waals surface area (Å²) < 4.78 is 2.53. The van der Waals surface area contributed by atoms with Crippen LogP contribution in [0.15, 0.2) is 29.3 Å². The van der Waals surface area contributed by atoms with Crippen molar-refractivity contribution in [2.45, 2.75) is 31.1 Å². The Kier molecular flexibility index (Phi) is 5.50. The SMILES string of the molecule is CC#Cc1nc(NCc2ccnc(Br)c2)c2ncn([C@@H]3SCC(O)C3O)c2n1. The van der Waals surface area contributed by atoms with Gasteiger partial charge in [0.25, 0.3) is 0 Å². The third-order valence-corrected chi connectivity index (χ3v) is 6.12. The lowest BCUT2D eigenvalue weighted by atomic mass is 10.2. The third kappa shape index (κ3) is 3.71. The van der Waals surface area contributed by atoms with Gasteiger partial charge in [0, 0.05) is 18.5 Å². The van der Waals surface area contributed by atoms with E-state index in [4.69, 9.17) is 0 Å². The highest BCUT2D eigenvalue weighted by Gasteiger charge is 2.36. The van der Waals surface area contributed by atoms with Gasteiger partial charge in [-0.3, -0.25) is 4.57 Å². The van der Waals surface area contributed by atoms with Gasteiger partial charge < -0.3 is 15.5 Å². The van der Waals surface area contributed by atoms with Crippen LogP contribution in [-0.2, 0) is 6.54 Å². The summed E-state index contributed by atoms with van der Waals surface area (Å²) in [6.45, 7) is 2.25. The maximum Gasteiger partial charge on any atom is 0.208 e. The fourth-order valence-corrected chi connectivity index (χ4v) is 4.66. The van der Waals surface area contributed by atoms with E-state index in [2.05, 4.69) is 53.0 Å². The molecule has 0 amide bonds. The first-order chi connectivity index (χ1) is 13.6. The average molecular weight is 461 g/mol. The highest BCUT2D eigenvalue weighted by molar-refractivity contribution is 9.10. The first-order valence-corrected chi connectivity index (χ1v) is 10.4. The highest BCUT2D eigenvalue weighted by Crippen LogP contribution is 2.38. The molecule has 10 heteroatoms. The molecule has 3 aromatic heterocycles. The van der Waals surface area contributed by atoms with E-state index in [-0.39, 0.29) is 5.37 Å². The number of aromatic nitrogens is 5. The molecular formula is C18H17BrN6O2S. The molecule has 28 heavy (non-hydrogen) atoms. The van der Waals surface area contributed by atoms with E-state index in [1.807, 2.05) is 12.1 Å². The van der Waals surface area contributed by atoms with Crippen LogP contribution in [-0.4, -0.2) is 52.7 Å². The number of imidazole rings is 1. The predicted octanol–water partition coefficient (Wildman–Crippen LogP) is 1.93. The molecule has 144 valence electrons. The molecule has 1 saturated heterocycles. The van der Waals surface area contributed by atoms with Crippen molar-refractivity contribution >= 4 is 44.7 Å². The van der Waals surface area contributed by atoms with E-state index in [1.165, 1.54) is 11.8 Å². The molecule has 0 saturated carbocycles. The zero-order chi connectivity index (χ0) is 19.7. The molecule has 1 aliphatic rings. The van der Waals surface area contributed by atoms with E-state index in [0.29, 0.717) is 35.1 Å². The molecule has 0 radical (unpaired) electrons. The Bertz CT molecular complexity index is 1080. The number of hydrogen-bond donors (Lipinski definition) is 3. The van der Waals surface area contributed by atoms with Crippen LogP contribution in [0.4, 0.5) is 5.82 Å². The molecule has 2 unspecified atom stereocenters. The van der Waals surface area contributed by atoms with E-state index < -0.39 is 12.2 Å². The molecule has 3 aromatic rings. The van der Waals surface area contributed by atoms with Crippen molar-refractivity contribution in [1.82, 2.24) is 24.5 Å². The number of nitrogens with zero attached hydrogens (tertiary/aromatic N) is 5. The normalized spacial score (nSPS) is 21.5. The van der Waals surface area contributed by atoms with Gasteiger partial charge in [0.15, 0.2) is 17.0 Å². The Morgan fingerprint density at radius 3 is 2.93 bits per heavy atom. The lowest BCUT2D eigenvalue weighted by Gasteiger charge is -2.17. The minimum atomic E-state index is -0.886. The summed E-state index contributed by atoms with van der Waals surface area (Å²) in [6.07, 6.45) is 1.69. The lowest BCUT2D eigenvalue weighted by molar-refractivity contribution is 0.0313. The number of pyridine rings is 1. The fraction of sp³-hybridized carbons (Fsp3) is 0.333. The van der Waals surface area contributed by atoms with Crippen molar-refractivity contribution in [3.05, 3.63) is 40.6 Å². The molecule has 0 aliphatic carbocycles. The van der Waals surface area contributed by atoms with Crippen LogP contribution < -0.4 is 5.32 Å². The number of thioether (sulfide) groups is 1. The van der Waals surface area contributed by atoms with Gasteiger partial charge in [-0.05, 0) is 46.5 Å². The second kappa shape index (κ2) is 8.05. The van der Waals surface area contributed by atoms with Crippen molar-refractivity contribution < 1.29 is 10.2 Å². The molecule has 1 fully saturated rings. The second-order valence-corrected chi connectivity index (χ2v) is 8.18. The summed E-state index contributed by atoms with van der Waals surface area (Å²) in [5.74, 6) is 7.09. The summed E-state index contributed by atoms with van der Waals surface area (Å²) in [6, 6.07) is 3.83. The van der Waals surface area contributed by atoms with Crippen molar-refractivity contribution in [3.8, 4) is 11.8 Å². The molecule has 4 rings (SSSR count). The van der Waals surface area contributed by atoms with Gasteiger partial charge >= 0.3 is 0 Å². The van der Waals surface area contributed by atoms with E-state index in [1.54, 1.807) is 24.0 Å². The summed E-state index contributed by atoms with van der Waals surface area (Å²) in [5, 5.41) is 23.1. The minimum Gasteiger partial charge on any atom is -0.389 e. The van der Waals surface area contributed by atoms with Gasteiger partial charge in [0.1, 0.15) is 16.1 Å². The minimum absolute atomic E-state index is 0.360. The van der Waals surface area contributed by atoms with Gasteiger partial charge in [0.2, 0.25) is 5.82 Å². The Morgan fingerprint density at radius 1 is 1.36 bits per heavy atom. The van der Waals surface area contributed by atoms with E-state index in [9.17, 15) is 10.2 Å². The number of nitrogens with one attached hydrogen (secondary N) is 1. The molecule has 0 bridgehead atoms. The molecule has 8 nitrogen and oxygen atoms in total. The standard InChI is InChI=1S/C18H17BrN6O2S/c1-2-3-13-23-16(21-7-10-4-5-20-12(19)6-10)14-17(24-13)25(9-22-14)18-15(27)11(26)8-28-18/h4-6,9,11,15,18,26-27H,7-8H2,1H3,(H,21,23,24)/t11?,15?,18-/m1/s1. The molecule has 1 aliphatic heterocycles. The van der Waals surface area contributed by atoms with Crippen LogP contribution in [0.25, 0.3) is 11.2 Å². The Balaban J connectivity index is 1.72. The molecular weight excluding hydrogens is 444 g/mol. The molecule has 4 heterocycles. The van der Waals surface area contributed by atoms with Crippen LogP contribution in [0.1, 0.15) is 23.7 Å². The molecule has 3 atom stereocenters. The monoisotopic (exact) mass is 460 g/mol. The van der Waals surface area contributed by atoms with Crippen molar-refractivity contribution in [2.75, 3.05) is 11.1 Å². The zero-order valence-electron chi connectivity index (χ0n) is 14.9. The Hall–Kier alpha value is -2.19. The summed E-state index contributed by atoms with van der Waals surface area (Å²) in [5.41, 5.74) is 2.18. The number of rotatable bonds is 4. The number of aliphatic hydroxyl groups excluding tert-OH is 2.